The number of thiazole rings is 1. The molecular weight excluding hydrogens is 272 g/mol. The molecule has 4 heteroatoms. The fourth-order valence-corrected chi connectivity index (χ4v) is 2.58. The summed E-state index contributed by atoms with van der Waals surface area (Å²) in [7, 11) is 2.03. The van der Waals surface area contributed by atoms with E-state index in [9.17, 15) is 0 Å². The molecule has 1 aromatic carbocycles. The Labute approximate surface area is 102 Å². The topological polar surface area (TPSA) is 16.1 Å². The molecule has 0 radical (unpaired) electrons. The van der Waals surface area contributed by atoms with Crippen LogP contribution in [0, 0.1) is 6.92 Å². The zero-order chi connectivity index (χ0) is 10.8. The van der Waals surface area contributed by atoms with Crippen LogP contribution in [0.5, 0.6) is 0 Å². The first-order chi connectivity index (χ1) is 7.16. The molecule has 0 amide bonds. The summed E-state index contributed by atoms with van der Waals surface area (Å²) in [6.45, 7) is 2.09. The van der Waals surface area contributed by atoms with Gasteiger partial charge in [0, 0.05) is 18.1 Å². The number of hydrogen-bond donors (Lipinski definition) is 0. The average molecular weight is 283 g/mol. The number of anilines is 2. The summed E-state index contributed by atoms with van der Waals surface area (Å²) in [5.74, 6) is 0. The molecule has 0 spiro atoms. The molecule has 0 aliphatic heterocycles. The fraction of sp³-hybridized carbons (Fsp3) is 0.182. The van der Waals surface area contributed by atoms with Crippen LogP contribution < -0.4 is 4.90 Å². The maximum Gasteiger partial charge on any atom is 0.190 e. The van der Waals surface area contributed by atoms with Crippen molar-refractivity contribution in [3.05, 3.63) is 39.8 Å². The average Bonchev–Trinajstić information content (AvgIpc) is 2.64. The van der Waals surface area contributed by atoms with E-state index in [1.54, 1.807) is 11.3 Å². The molecule has 2 rings (SSSR count). The van der Waals surface area contributed by atoms with Crippen LogP contribution in [0.15, 0.2) is 34.2 Å². The van der Waals surface area contributed by atoms with Gasteiger partial charge in [0.1, 0.15) is 4.60 Å². The van der Waals surface area contributed by atoms with E-state index >= 15 is 0 Å². The first-order valence-electron chi connectivity index (χ1n) is 4.58. The molecular formula is C11H11BrN2S. The largest absolute Gasteiger partial charge is 0.321 e. The second kappa shape index (κ2) is 4.33. The van der Waals surface area contributed by atoms with Gasteiger partial charge >= 0.3 is 0 Å². The van der Waals surface area contributed by atoms with Gasteiger partial charge in [0.05, 0.1) is 0 Å². The van der Waals surface area contributed by atoms with E-state index in [0.717, 1.165) is 15.4 Å². The monoisotopic (exact) mass is 282 g/mol. The SMILES string of the molecule is Cc1cccc(N(C)c2nc(Br)cs2)c1. The van der Waals surface area contributed by atoms with Crippen LogP contribution in [-0.4, -0.2) is 12.0 Å². The molecule has 1 heterocycles. The van der Waals surface area contributed by atoms with Gasteiger partial charge in [-0.25, -0.2) is 4.98 Å². The predicted molar refractivity (Wildman–Crippen MR) is 69.1 cm³/mol. The van der Waals surface area contributed by atoms with Gasteiger partial charge < -0.3 is 4.90 Å². The Morgan fingerprint density at radius 3 is 2.80 bits per heavy atom. The standard InChI is InChI=1S/C11H11BrN2S/c1-8-4-3-5-9(6-8)14(2)11-13-10(12)7-15-11/h3-7H,1-2H3. The van der Waals surface area contributed by atoms with E-state index in [1.807, 2.05) is 12.4 Å². The molecule has 2 aromatic rings. The number of nitrogens with zero attached hydrogens (tertiary/aromatic N) is 2. The van der Waals surface area contributed by atoms with Gasteiger partial charge in [-0.1, -0.05) is 12.1 Å². The highest BCUT2D eigenvalue weighted by atomic mass is 79.9. The van der Waals surface area contributed by atoms with Crippen LogP contribution in [0.3, 0.4) is 0 Å². The van der Waals surface area contributed by atoms with Crippen LogP contribution in [0.2, 0.25) is 0 Å². The van der Waals surface area contributed by atoms with Crippen molar-refractivity contribution in [2.75, 3.05) is 11.9 Å². The van der Waals surface area contributed by atoms with Crippen LogP contribution >= 0.6 is 27.3 Å². The van der Waals surface area contributed by atoms with E-state index < -0.39 is 0 Å². The Hall–Kier alpha value is -0.870. The third kappa shape index (κ3) is 2.38. The predicted octanol–water partition coefficient (Wildman–Crippen LogP) is 3.98. The van der Waals surface area contributed by atoms with Gasteiger partial charge in [-0.05, 0) is 40.5 Å². The molecule has 0 unspecified atom stereocenters. The summed E-state index contributed by atoms with van der Waals surface area (Å²) in [5.41, 5.74) is 2.42. The number of aromatic nitrogens is 1. The van der Waals surface area contributed by atoms with Crippen molar-refractivity contribution in [3.63, 3.8) is 0 Å². The third-order valence-electron chi connectivity index (χ3n) is 2.14. The normalized spacial score (nSPS) is 10.3. The van der Waals surface area contributed by atoms with Crippen molar-refractivity contribution in [1.29, 1.82) is 0 Å². The van der Waals surface area contributed by atoms with Crippen LogP contribution in [-0.2, 0) is 0 Å². The molecule has 0 aliphatic rings. The van der Waals surface area contributed by atoms with Crippen molar-refractivity contribution in [3.8, 4) is 0 Å². The molecule has 0 atom stereocenters. The summed E-state index contributed by atoms with van der Waals surface area (Å²) in [6, 6.07) is 8.39. The molecule has 0 saturated heterocycles. The second-order valence-corrected chi connectivity index (χ2v) is 5.00. The van der Waals surface area contributed by atoms with Gasteiger partial charge in [0.15, 0.2) is 5.13 Å². The molecule has 0 fully saturated rings. The Kier molecular flexibility index (Phi) is 3.07. The lowest BCUT2D eigenvalue weighted by molar-refractivity contribution is 1.16. The van der Waals surface area contributed by atoms with E-state index in [-0.39, 0.29) is 0 Å². The van der Waals surface area contributed by atoms with E-state index in [1.165, 1.54) is 5.56 Å². The van der Waals surface area contributed by atoms with Crippen LogP contribution in [0.1, 0.15) is 5.56 Å². The zero-order valence-electron chi connectivity index (χ0n) is 8.57. The zero-order valence-corrected chi connectivity index (χ0v) is 11.0. The van der Waals surface area contributed by atoms with Crippen molar-refractivity contribution in [1.82, 2.24) is 4.98 Å². The van der Waals surface area contributed by atoms with Gasteiger partial charge in [-0.15, -0.1) is 11.3 Å². The maximum absolute atomic E-state index is 4.38. The minimum atomic E-state index is 0.891. The van der Waals surface area contributed by atoms with Crippen LogP contribution in [0.4, 0.5) is 10.8 Å². The quantitative estimate of drug-likeness (QED) is 0.828. The van der Waals surface area contributed by atoms with Crippen molar-refractivity contribution < 1.29 is 0 Å². The number of benzene rings is 1. The minimum Gasteiger partial charge on any atom is -0.321 e. The van der Waals surface area contributed by atoms with E-state index in [2.05, 4.69) is 57.0 Å². The Bertz CT molecular complexity index is 467. The van der Waals surface area contributed by atoms with Crippen molar-refractivity contribution >= 4 is 38.1 Å². The highest BCUT2D eigenvalue weighted by molar-refractivity contribution is 9.10. The molecule has 15 heavy (non-hydrogen) atoms. The fourth-order valence-electron chi connectivity index (χ4n) is 1.35. The summed E-state index contributed by atoms with van der Waals surface area (Å²) in [6.07, 6.45) is 0. The third-order valence-corrected chi connectivity index (χ3v) is 3.77. The molecule has 0 saturated carbocycles. The van der Waals surface area contributed by atoms with Gasteiger partial charge in [0.25, 0.3) is 0 Å². The van der Waals surface area contributed by atoms with E-state index in [4.69, 9.17) is 0 Å². The lowest BCUT2D eigenvalue weighted by Crippen LogP contribution is -2.08. The van der Waals surface area contributed by atoms with Crippen molar-refractivity contribution in [2.24, 2.45) is 0 Å². The Balaban J connectivity index is 2.32. The maximum atomic E-state index is 4.38. The first kappa shape index (κ1) is 10.6. The van der Waals surface area contributed by atoms with Crippen LogP contribution in [0.25, 0.3) is 0 Å². The Morgan fingerprint density at radius 1 is 1.40 bits per heavy atom. The molecule has 78 valence electrons. The van der Waals surface area contributed by atoms with Gasteiger partial charge in [0.2, 0.25) is 0 Å². The number of rotatable bonds is 2. The lowest BCUT2D eigenvalue weighted by atomic mass is 10.2. The highest BCUT2D eigenvalue weighted by Crippen LogP contribution is 2.28. The number of aryl methyl sites for hydroxylation is 1. The molecule has 1 aromatic heterocycles. The minimum absolute atomic E-state index is 0.891. The van der Waals surface area contributed by atoms with Gasteiger partial charge in [-0.2, -0.15) is 0 Å². The summed E-state index contributed by atoms with van der Waals surface area (Å²) >= 11 is 4.99. The molecule has 0 N–H and O–H groups in total. The van der Waals surface area contributed by atoms with Crippen molar-refractivity contribution in [2.45, 2.75) is 6.92 Å². The van der Waals surface area contributed by atoms with Gasteiger partial charge in [-0.3, -0.25) is 0 Å². The first-order valence-corrected chi connectivity index (χ1v) is 6.25. The summed E-state index contributed by atoms with van der Waals surface area (Å²) in [5, 5.41) is 2.98. The summed E-state index contributed by atoms with van der Waals surface area (Å²) < 4.78 is 0.891. The van der Waals surface area contributed by atoms with E-state index in [0.29, 0.717) is 0 Å². The second-order valence-electron chi connectivity index (χ2n) is 3.35. The lowest BCUT2D eigenvalue weighted by Gasteiger charge is -2.15. The highest BCUT2D eigenvalue weighted by Gasteiger charge is 2.07. The Morgan fingerprint density at radius 2 is 2.20 bits per heavy atom. The molecule has 2 nitrogen and oxygen atoms in total. The number of halogens is 1. The molecule has 0 bridgehead atoms. The smallest absolute Gasteiger partial charge is 0.190 e. The summed E-state index contributed by atoms with van der Waals surface area (Å²) in [4.78, 5) is 6.46. The molecule has 0 aliphatic carbocycles. The number of hydrogen-bond acceptors (Lipinski definition) is 3.